The summed E-state index contributed by atoms with van der Waals surface area (Å²) in [6.45, 7) is 0. The molecule has 2 aromatic rings. The van der Waals surface area contributed by atoms with Crippen molar-refractivity contribution in [3.05, 3.63) is 32.8 Å². The third kappa shape index (κ3) is 1.61. The zero-order valence-electron chi connectivity index (χ0n) is 8.65. The van der Waals surface area contributed by atoms with Crippen LogP contribution in [0.5, 0.6) is 0 Å². The van der Waals surface area contributed by atoms with Crippen molar-refractivity contribution in [1.82, 2.24) is 0 Å². The summed E-state index contributed by atoms with van der Waals surface area (Å²) < 4.78 is 0.534. The fourth-order valence-corrected chi connectivity index (χ4v) is 2.43. The maximum absolute atomic E-state index is 11.0. The van der Waals surface area contributed by atoms with E-state index in [0.29, 0.717) is 16.1 Å². The number of thiazole rings is 1. The second-order valence-corrected chi connectivity index (χ2v) is 4.29. The zero-order valence-corrected chi connectivity index (χ0v) is 9.47. The Labute approximate surface area is 103 Å². The molecule has 0 atom stereocenters. The summed E-state index contributed by atoms with van der Waals surface area (Å²) in [5.74, 6) is -0.911. The van der Waals surface area contributed by atoms with E-state index in [4.69, 9.17) is 11.0 Å². The quantitative estimate of drug-likeness (QED) is 0.348. The SMILES string of the molecule is N#Cc1cc([N+](=O)[O-])c2sc(C(N)=O)[n+](O)c2c1. The van der Waals surface area contributed by atoms with Crippen molar-refractivity contribution in [2.45, 2.75) is 0 Å². The van der Waals surface area contributed by atoms with E-state index in [2.05, 4.69) is 0 Å². The molecule has 0 saturated carbocycles. The van der Waals surface area contributed by atoms with Gasteiger partial charge in [-0.1, -0.05) is 0 Å². The molecule has 90 valence electrons. The van der Waals surface area contributed by atoms with Gasteiger partial charge in [-0.15, -0.1) is 0 Å². The Bertz CT molecular complexity index is 730. The molecular weight excluding hydrogens is 260 g/mol. The molecule has 1 heterocycles. The van der Waals surface area contributed by atoms with Crippen LogP contribution in [0, 0.1) is 21.4 Å². The number of nitro groups is 1. The number of hydrogen-bond acceptors (Lipinski definition) is 6. The number of fused-ring (bicyclic) bond motifs is 1. The smallest absolute Gasteiger partial charge is 0.359 e. The number of nitrogens with zero attached hydrogens (tertiary/aromatic N) is 3. The number of non-ortho nitro benzene ring substituents is 1. The number of rotatable bonds is 2. The van der Waals surface area contributed by atoms with E-state index in [-0.39, 0.29) is 26.5 Å². The molecule has 2 rings (SSSR count). The largest absolute Gasteiger partial charge is 0.377 e. The van der Waals surface area contributed by atoms with E-state index < -0.39 is 10.8 Å². The second-order valence-electron chi connectivity index (χ2n) is 3.30. The normalized spacial score (nSPS) is 10.2. The molecule has 1 aromatic heterocycles. The summed E-state index contributed by atoms with van der Waals surface area (Å²) >= 11 is 0.693. The highest BCUT2D eigenvalue weighted by Crippen LogP contribution is 2.30. The maximum atomic E-state index is 11.0. The van der Waals surface area contributed by atoms with Gasteiger partial charge in [0.15, 0.2) is 4.70 Å². The highest BCUT2D eigenvalue weighted by molar-refractivity contribution is 7.20. The molecular formula is C9H5N4O4S+. The first kappa shape index (κ1) is 11.7. The Morgan fingerprint density at radius 1 is 1.61 bits per heavy atom. The molecule has 18 heavy (non-hydrogen) atoms. The summed E-state index contributed by atoms with van der Waals surface area (Å²) in [6, 6.07) is 4.05. The van der Waals surface area contributed by atoms with Gasteiger partial charge in [0, 0.05) is 16.9 Å². The van der Waals surface area contributed by atoms with Gasteiger partial charge in [0.2, 0.25) is 0 Å². The lowest BCUT2D eigenvalue weighted by Gasteiger charge is -1.91. The van der Waals surface area contributed by atoms with Gasteiger partial charge >= 0.3 is 10.9 Å². The summed E-state index contributed by atoms with van der Waals surface area (Å²) in [5, 5.41) is 29.1. The number of nitrogens with two attached hydrogens (primary N) is 1. The number of aromatic nitrogens is 1. The molecule has 1 amide bonds. The van der Waals surface area contributed by atoms with Gasteiger partial charge in [0.1, 0.15) is 0 Å². The molecule has 0 aliphatic rings. The Morgan fingerprint density at radius 2 is 2.28 bits per heavy atom. The molecule has 0 unspecified atom stereocenters. The van der Waals surface area contributed by atoms with Crippen molar-refractivity contribution in [3.8, 4) is 6.07 Å². The lowest BCUT2D eigenvalue weighted by Crippen LogP contribution is -2.37. The number of benzene rings is 1. The standard InChI is InChI=1S/C9H4N4O4S/c10-3-4-1-5-7(6(2-4)13(16)17)18-9(8(11)14)12(5)15/h1-2H,(H2-,11,14,15)/p+1. The minimum absolute atomic E-state index is 0.000417. The third-order valence-corrected chi connectivity index (χ3v) is 3.40. The number of nitriles is 1. The van der Waals surface area contributed by atoms with Gasteiger partial charge in [-0.3, -0.25) is 20.1 Å². The van der Waals surface area contributed by atoms with E-state index in [9.17, 15) is 20.1 Å². The van der Waals surface area contributed by atoms with E-state index in [1.807, 2.05) is 0 Å². The monoisotopic (exact) mass is 265 g/mol. The van der Waals surface area contributed by atoms with Crippen LogP contribution in [-0.2, 0) is 0 Å². The highest BCUT2D eigenvalue weighted by atomic mass is 32.1. The van der Waals surface area contributed by atoms with Crippen LogP contribution in [0.4, 0.5) is 5.69 Å². The van der Waals surface area contributed by atoms with E-state index in [1.54, 1.807) is 6.07 Å². The minimum Gasteiger partial charge on any atom is -0.359 e. The van der Waals surface area contributed by atoms with Crippen molar-refractivity contribution in [1.29, 1.82) is 5.26 Å². The molecule has 0 aliphatic heterocycles. The van der Waals surface area contributed by atoms with Crippen LogP contribution in [0.1, 0.15) is 15.4 Å². The summed E-state index contributed by atoms with van der Waals surface area (Å²) in [6.07, 6.45) is 0. The van der Waals surface area contributed by atoms with Crippen LogP contribution in [-0.4, -0.2) is 16.0 Å². The average molecular weight is 265 g/mol. The second kappa shape index (κ2) is 3.94. The molecule has 0 bridgehead atoms. The summed E-state index contributed by atoms with van der Waals surface area (Å²) in [7, 11) is 0. The first-order chi connectivity index (χ1) is 8.45. The maximum Gasteiger partial charge on any atom is 0.377 e. The molecule has 9 heteroatoms. The van der Waals surface area contributed by atoms with E-state index >= 15 is 0 Å². The van der Waals surface area contributed by atoms with Gasteiger partial charge in [0.25, 0.3) is 11.2 Å². The van der Waals surface area contributed by atoms with Crippen LogP contribution >= 0.6 is 11.3 Å². The topological polar surface area (TPSA) is 134 Å². The van der Waals surface area contributed by atoms with Crippen molar-refractivity contribution < 1.29 is 19.7 Å². The molecule has 8 nitrogen and oxygen atoms in total. The Balaban J connectivity index is 2.93. The Kier molecular flexibility index (Phi) is 2.57. The van der Waals surface area contributed by atoms with Crippen LogP contribution < -0.4 is 10.5 Å². The molecule has 0 fully saturated rings. The molecule has 0 radical (unpaired) electrons. The predicted molar refractivity (Wildman–Crippen MR) is 59.1 cm³/mol. The number of carbonyl (C=O) groups is 1. The van der Waals surface area contributed by atoms with Crippen molar-refractivity contribution in [2.24, 2.45) is 5.73 Å². The fraction of sp³-hybridized carbons (Fsp3) is 0. The highest BCUT2D eigenvalue weighted by Gasteiger charge is 2.31. The van der Waals surface area contributed by atoms with Crippen LogP contribution in [0.3, 0.4) is 0 Å². The summed E-state index contributed by atoms with van der Waals surface area (Å²) in [4.78, 5) is 21.2. The molecule has 1 aromatic carbocycles. The van der Waals surface area contributed by atoms with Crippen LogP contribution in [0.2, 0.25) is 0 Å². The lowest BCUT2D eigenvalue weighted by atomic mass is 10.2. The van der Waals surface area contributed by atoms with E-state index in [0.717, 1.165) is 6.07 Å². The van der Waals surface area contributed by atoms with Crippen LogP contribution in [0.25, 0.3) is 10.2 Å². The number of hydrogen-bond donors (Lipinski definition) is 2. The molecule has 0 aliphatic carbocycles. The number of amides is 1. The zero-order chi connectivity index (χ0) is 13.4. The first-order valence-electron chi connectivity index (χ1n) is 4.52. The number of carbonyl (C=O) groups excluding carboxylic acids is 1. The van der Waals surface area contributed by atoms with Crippen molar-refractivity contribution in [3.63, 3.8) is 0 Å². The molecule has 0 saturated heterocycles. The van der Waals surface area contributed by atoms with E-state index in [1.165, 1.54) is 6.07 Å². The van der Waals surface area contributed by atoms with Crippen molar-refractivity contribution in [2.75, 3.05) is 0 Å². The Morgan fingerprint density at radius 3 is 2.78 bits per heavy atom. The predicted octanol–water partition coefficient (Wildman–Crippen LogP) is 0.305. The van der Waals surface area contributed by atoms with Gasteiger partial charge < -0.3 is 5.73 Å². The van der Waals surface area contributed by atoms with Gasteiger partial charge in [-0.25, -0.2) is 0 Å². The van der Waals surface area contributed by atoms with Gasteiger partial charge in [0.05, 0.1) is 16.6 Å². The van der Waals surface area contributed by atoms with Crippen LogP contribution in [0.15, 0.2) is 12.1 Å². The lowest BCUT2D eigenvalue weighted by molar-refractivity contribution is -0.882. The summed E-state index contributed by atoms with van der Waals surface area (Å²) in [5.41, 5.74) is 4.68. The van der Waals surface area contributed by atoms with Gasteiger partial charge in [-0.2, -0.15) is 5.26 Å². The molecule has 3 N–H and O–H groups in total. The molecule has 0 spiro atoms. The fourth-order valence-electron chi connectivity index (χ4n) is 1.46. The van der Waals surface area contributed by atoms with Crippen molar-refractivity contribution >= 4 is 33.1 Å². The number of primary amides is 1. The number of nitro benzene ring substituents is 1. The van der Waals surface area contributed by atoms with Gasteiger partial charge in [-0.05, 0) is 11.3 Å². The Hall–Kier alpha value is -2.73. The average Bonchev–Trinajstić information content (AvgIpc) is 2.65. The first-order valence-corrected chi connectivity index (χ1v) is 5.33. The minimum atomic E-state index is -0.911. The third-order valence-electron chi connectivity index (χ3n) is 2.21.